The molecule has 25 heavy (non-hydrogen) atoms. The first-order valence-electron chi connectivity index (χ1n) is 8.17. The van der Waals surface area contributed by atoms with Crippen molar-refractivity contribution in [1.29, 1.82) is 0 Å². The van der Waals surface area contributed by atoms with Gasteiger partial charge in [-0.05, 0) is 24.6 Å². The van der Waals surface area contributed by atoms with Gasteiger partial charge in [-0.3, -0.25) is 4.79 Å². The Labute approximate surface area is 145 Å². The highest BCUT2D eigenvalue weighted by Gasteiger charge is 2.16. The molecule has 2 aromatic carbocycles. The van der Waals surface area contributed by atoms with Gasteiger partial charge >= 0.3 is 0 Å². The Hall–Kier alpha value is -2.73. The SMILES string of the molecule is Cc1ccc(C(N)C(=O)NCCc2nc3c(F)cccc3n2C)cc1. The van der Waals surface area contributed by atoms with Crippen LogP contribution in [0.5, 0.6) is 0 Å². The number of hydrogen-bond acceptors (Lipinski definition) is 3. The zero-order chi connectivity index (χ0) is 18.0. The number of aromatic nitrogens is 2. The molecule has 5 nitrogen and oxygen atoms in total. The van der Waals surface area contributed by atoms with Crippen LogP contribution < -0.4 is 11.1 Å². The minimum Gasteiger partial charge on any atom is -0.354 e. The smallest absolute Gasteiger partial charge is 0.241 e. The monoisotopic (exact) mass is 340 g/mol. The number of halogens is 1. The van der Waals surface area contributed by atoms with Crippen molar-refractivity contribution in [1.82, 2.24) is 14.9 Å². The standard InChI is InChI=1S/C19H21FN4O/c1-12-6-8-13(9-7-12)17(21)19(25)22-11-10-16-23-18-14(20)4-3-5-15(18)24(16)2/h3-9,17H,10-11,21H2,1-2H3,(H,22,25). The second-order valence-electron chi connectivity index (χ2n) is 6.12. The molecule has 0 saturated heterocycles. The van der Waals surface area contributed by atoms with Crippen LogP contribution in [0.1, 0.15) is 23.0 Å². The molecule has 0 radical (unpaired) electrons. The Balaban J connectivity index is 1.63. The zero-order valence-corrected chi connectivity index (χ0v) is 14.3. The number of imidazole rings is 1. The number of aryl methyl sites for hydroxylation is 2. The van der Waals surface area contributed by atoms with E-state index in [1.54, 1.807) is 6.07 Å². The Morgan fingerprint density at radius 3 is 2.68 bits per heavy atom. The van der Waals surface area contributed by atoms with Crippen LogP contribution in [0, 0.1) is 12.7 Å². The normalized spacial score (nSPS) is 12.3. The van der Waals surface area contributed by atoms with Crippen LogP contribution in [-0.2, 0) is 18.3 Å². The number of para-hydroxylation sites is 1. The number of nitrogens with zero attached hydrogens (tertiary/aromatic N) is 2. The highest BCUT2D eigenvalue weighted by atomic mass is 19.1. The molecule has 0 aliphatic rings. The third-order valence-electron chi connectivity index (χ3n) is 4.32. The Kier molecular flexibility index (Phi) is 4.81. The molecule has 0 aliphatic carbocycles. The topological polar surface area (TPSA) is 72.9 Å². The van der Waals surface area contributed by atoms with Crippen LogP contribution in [0.15, 0.2) is 42.5 Å². The van der Waals surface area contributed by atoms with Gasteiger partial charge in [0.25, 0.3) is 0 Å². The quantitative estimate of drug-likeness (QED) is 0.749. The van der Waals surface area contributed by atoms with Crippen LogP contribution in [0.25, 0.3) is 11.0 Å². The van der Waals surface area contributed by atoms with E-state index in [0.717, 1.165) is 16.6 Å². The van der Waals surface area contributed by atoms with E-state index in [1.807, 2.05) is 48.9 Å². The summed E-state index contributed by atoms with van der Waals surface area (Å²) in [5.41, 5.74) is 8.97. The summed E-state index contributed by atoms with van der Waals surface area (Å²) in [6.45, 7) is 2.37. The van der Waals surface area contributed by atoms with Crippen LogP contribution in [0.4, 0.5) is 4.39 Å². The Bertz CT molecular complexity index is 902. The van der Waals surface area contributed by atoms with Crippen molar-refractivity contribution in [2.45, 2.75) is 19.4 Å². The molecule has 0 aliphatic heterocycles. The predicted molar refractivity (Wildman–Crippen MR) is 95.5 cm³/mol. The van der Waals surface area contributed by atoms with Crippen LogP contribution in [0.3, 0.4) is 0 Å². The number of nitrogens with one attached hydrogen (secondary N) is 1. The molecule has 0 saturated carbocycles. The first-order chi connectivity index (χ1) is 12.0. The van der Waals surface area contributed by atoms with Crippen molar-refractivity contribution < 1.29 is 9.18 Å². The summed E-state index contributed by atoms with van der Waals surface area (Å²) in [5, 5.41) is 2.82. The maximum atomic E-state index is 13.8. The molecule has 3 N–H and O–H groups in total. The molecule has 0 spiro atoms. The van der Waals surface area contributed by atoms with E-state index < -0.39 is 6.04 Å². The molecule has 1 amide bonds. The molecule has 3 aromatic rings. The second kappa shape index (κ2) is 7.03. The maximum absolute atomic E-state index is 13.8. The number of rotatable bonds is 5. The lowest BCUT2D eigenvalue weighted by Crippen LogP contribution is -2.35. The fourth-order valence-corrected chi connectivity index (χ4v) is 2.78. The lowest BCUT2D eigenvalue weighted by molar-refractivity contribution is -0.122. The molecular weight excluding hydrogens is 319 g/mol. The summed E-state index contributed by atoms with van der Waals surface area (Å²) in [6.07, 6.45) is 0.497. The maximum Gasteiger partial charge on any atom is 0.241 e. The van der Waals surface area contributed by atoms with Crippen LogP contribution >= 0.6 is 0 Å². The number of benzene rings is 2. The van der Waals surface area contributed by atoms with Gasteiger partial charge < -0.3 is 15.6 Å². The third kappa shape index (κ3) is 3.53. The predicted octanol–water partition coefficient (Wildman–Crippen LogP) is 2.38. The minimum atomic E-state index is -0.710. The average Bonchev–Trinajstić information content (AvgIpc) is 2.93. The van der Waals surface area contributed by atoms with Gasteiger partial charge in [0.15, 0.2) is 5.82 Å². The lowest BCUT2D eigenvalue weighted by atomic mass is 10.1. The fraction of sp³-hybridized carbons (Fsp3) is 0.263. The number of amides is 1. The van der Waals surface area contributed by atoms with Gasteiger partial charge in [0, 0.05) is 20.0 Å². The van der Waals surface area contributed by atoms with Crippen molar-refractivity contribution in [2.24, 2.45) is 12.8 Å². The van der Waals surface area contributed by atoms with E-state index in [2.05, 4.69) is 10.3 Å². The number of carbonyl (C=O) groups is 1. The van der Waals surface area contributed by atoms with Crippen molar-refractivity contribution in [3.8, 4) is 0 Å². The van der Waals surface area contributed by atoms with Gasteiger partial charge in [-0.2, -0.15) is 0 Å². The van der Waals surface area contributed by atoms with E-state index >= 15 is 0 Å². The molecule has 0 bridgehead atoms. The van der Waals surface area contributed by atoms with E-state index in [0.29, 0.717) is 24.3 Å². The number of carbonyl (C=O) groups excluding carboxylic acids is 1. The van der Waals surface area contributed by atoms with Crippen LogP contribution in [-0.4, -0.2) is 22.0 Å². The number of fused-ring (bicyclic) bond motifs is 1. The first kappa shape index (κ1) is 17.1. The van der Waals surface area contributed by atoms with Crippen molar-refractivity contribution in [2.75, 3.05) is 6.54 Å². The molecular formula is C19H21FN4O. The number of hydrogen-bond donors (Lipinski definition) is 2. The van der Waals surface area contributed by atoms with E-state index in [4.69, 9.17) is 5.73 Å². The highest BCUT2D eigenvalue weighted by Crippen LogP contribution is 2.18. The molecule has 6 heteroatoms. The average molecular weight is 340 g/mol. The third-order valence-corrected chi connectivity index (χ3v) is 4.32. The van der Waals surface area contributed by atoms with Gasteiger partial charge in [-0.15, -0.1) is 0 Å². The highest BCUT2D eigenvalue weighted by molar-refractivity contribution is 5.83. The van der Waals surface area contributed by atoms with E-state index in [-0.39, 0.29) is 11.7 Å². The molecule has 3 rings (SSSR count). The Morgan fingerprint density at radius 1 is 1.28 bits per heavy atom. The summed E-state index contributed by atoms with van der Waals surface area (Å²) in [4.78, 5) is 16.5. The van der Waals surface area contributed by atoms with Gasteiger partial charge in [0.1, 0.15) is 17.4 Å². The lowest BCUT2D eigenvalue weighted by Gasteiger charge is -2.13. The van der Waals surface area contributed by atoms with Gasteiger partial charge in [-0.25, -0.2) is 9.37 Å². The van der Waals surface area contributed by atoms with E-state index in [9.17, 15) is 9.18 Å². The minimum absolute atomic E-state index is 0.242. The summed E-state index contributed by atoms with van der Waals surface area (Å²) in [6, 6.07) is 11.7. The van der Waals surface area contributed by atoms with Crippen molar-refractivity contribution in [3.63, 3.8) is 0 Å². The molecule has 0 fully saturated rings. The first-order valence-corrected chi connectivity index (χ1v) is 8.17. The molecule has 1 unspecified atom stereocenters. The zero-order valence-electron chi connectivity index (χ0n) is 14.3. The molecule has 130 valence electrons. The summed E-state index contributed by atoms with van der Waals surface area (Å²) in [5.74, 6) is 0.128. The second-order valence-corrected chi connectivity index (χ2v) is 6.12. The van der Waals surface area contributed by atoms with Crippen molar-refractivity contribution >= 4 is 16.9 Å². The van der Waals surface area contributed by atoms with Crippen LogP contribution in [0.2, 0.25) is 0 Å². The number of nitrogens with two attached hydrogens (primary N) is 1. The van der Waals surface area contributed by atoms with Gasteiger partial charge in [-0.1, -0.05) is 35.9 Å². The summed E-state index contributed by atoms with van der Waals surface area (Å²) < 4.78 is 15.6. The fourth-order valence-electron chi connectivity index (χ4n) is 2.78. The summed E-state index contributed by atoms with van der Waals surface area (Å²) >= 11 is 0. The van der Waals surface area contributed by atoms with Crippen molar-refractivity contribution in [3.05, 3.63) is 65.2 Å². The molecule has 1 aromatic heterocycles. The Morgan fingerprint density at radius 2 is 2.00 bits per heavy atom. The van der Waals surface area contributed by atoms with Gasteiger partial charge in [0.2, 0.25) is 5.91 Å². The largest absolute Gasteiger partial charge is 0.354 e. The molecule has 1 heterocycles. The molecule has 1 atom stereocenters. The summed E-state index contributed by atoms with van der Waals surface area (Å²) in [7, 11) is 1.84. The van der Waals surface area contributed by atoms with E-state index in [1.165, 1.54) is 6.07 Å². The van der Waals surface area contributed by atoms with Gasteiger partial charge in [0.05, 0.1) is 5.52 Å².